The van der Waals surface area contributed by atoms with Crippen LogP contribution in [0.3, 0.4) is 0 Å². The summed E-state index contributed by atoms with van der Waals surface area (Å²) in [7, 11) is -4.01. The van der Waals surface area contributed by atoms with Crippen molar-refractivity contribution in [1.29, 1.82) is 0 Å². The smallest absolute Gasteiger partial charge is 0.377 e. The van der Waals surface area contributed by atoms with Gasteiger partial charge in [0, 0.05) is 13.1 Å². The Hall–Kier alpha value is -2.50. The molecule has 2 aromatic carbocycles. The summed E-state index contributed by atoms with van der Waals surface area (Å²) in [4.78, 5) is 12.1. The third kappa shape index (κ3) is 4.17. The van der Waals surface area contributed by atoms with Gasteiger partial charge >= 0.3 is 12.1 Å². The van der Waals surface area contributed by atoms with Gasteiger partial charge in [-0.2, -0.15) is 17.9 Å². The van der Waals surface area contributed by atoms with Crippen molar-refractivity contribution in [3.8, 4) is 0 Å². The fourth-order valence-corrected chi connectivity index (χ4v) is 5.14. The first-order chi connectivity index (χ1) is 14.5. The van der Waals surface area contributed by atoms with E-state index in [0.29, 0.717) is 21.6 Å². The molecule has 166 valence electrons. The third-order valence-corrected chi connectivity index (χ3v) is 6.99. The first-order valence-corrected chi connectivity index (χ1v) is 10.8. The van der Waals surface area contributed by atoms with E-state index >= 15 is 0 Å². The molecule has 11 heteroatoms. The summed E-state index contributed by atoms with van der Waals surface area (Å²) >= 11 is 0. The molecule has 0 radical (unpaired) electrons. The number of fused-ring (bicyclic) bond motifs is 1. The predicted octanol–water partition coefficient (Wildman–Crippen LogP) is 2.48. The number of rotatable bonds is 4. The highest BCUT2D eigenvalue weighted by Crippen LogP contribution is 2.33. The van der Waals surface area contributed by atoms with E-state index in [1.54, 1.807) is 0 Å². The molecule has 1 N–H and O–H groups in total. The summed E-state index contributed by atoms with van der Waals surface area (Å²) in [5.74, 6) is -2.36. The summed E-state index contributed by atoms with van der Waals surface area (Å²) in [6.07, 6.45) is -4.85. The van der Waals surface area contributed by atoms with Crippen LogP contribution in [0, 0.1) is 5.82 Å². The molecule has 1 amide bonds. The number of amides is 1. The molecule has 1 saturated heterocycles. The van der Waals surface area contributed by atoms with Crippen LogP contribution in [0.25, 0.3) is 0 Å². The Labute approximate surface area is 175 Å². The Morgan fingerprint density at radius 3 is 2.32 bits per heavy atom. The molecular formula is C20H18F4N2O4S. The van der Waals surface area contributed by atoms with Gasteiger partial charge in [0.15, 0.2) is 0 Å². The van der Waals surface area contributed by atoms with Crippen LogP contribution in [-0.2, 0) is 38.1 Å². The van der Waals surface area contributed by atoms with Crippen molar-refractivity contribution in [1.82, 2.24) is 9.62 Å². The maximum Gasteiger partial charge on any atom is 0.471 e. The lowest BCUT2D eigenvalue weighted by atomic mass is 9.89. The van der Waals surface area contributed by atoms with E-state index in [9.17, 15) is 30.8 Å². The van der Waals surface area contributed by atoms with Gasteiger partial charge in [0.2, 0.25) is 10.0 Å². The zero-order chi connectivity index (χ0) is 22.4. The maximum atomic E-state index is 13.2. The second-order valence-electron chi connectivity index (χ2n) is 7.59. The van der Waals surface area contributed by atoms with Crippen LogP contribution in [0.5, 0.6) is 0 Å². The fraction of sp³-hybridized carbons (Fsp3) is 0.350. The summed E-state index contributed by atoms with van der Waals surface area (Å²) < 4.78 is 85.1. The molecule has 4 rings (SSSR count). The number of nitrogens with zero attached hydrogens (tertiary/aromatic N) is 1. The highest BCUT2D eigenvalue weighted by molar-refractivity contribution is 7.89. The predicted molar refractivity (Wildman–Crippen MR) is 101 cm³/mol. The minimum Gasteiger partial charge on any atom is -0.377 e. The molecule has 0 bridgehead atoms. The molecule has 0 unspecified atom stereocenters. The Kier molecular flexibility index (Phi) is 5.31. The van der Waals surface area contributed by atoms with Crippen LogP contribution in [0.2, 0.25) is 0 Å². The molecule has 0 saturated carbocycles. The zero-order valence-electron chi connectivity index (χ0n) is 16.1. The molecule has 0 aromatic heterocycles. The Bertz CT molecular complexity index is 1110. The van der Waals surface area contributed by atoms with E-state index < -0.39 is 33.5 Å². The lowest BCUT2D eigenvalue weighted by molar-refractivity contribution is -0.186. The van der Waals surface area contributed by atoms with Gasteiger partial charge in [-0.25, -0.2) is 12.8 Å². The van der Waals surface area contributed by atoms with E-state index in [1.165, 1.54) is 42.5 Å². The van der Waals surface area contributed by atoms with Gasteiger partial charge in [-0.3, -0.25) is 4.79 Å². The number of ether oxygens (including phenoxy) is 1. The molecule has 2 aromatic rings. The van der Waals surface area contributed by atoms with Crippen molar-refractivity contribution in [3.05, 3.63) is 65.0 Å². The van der Waals surface area contributed by atoms with Gasteiger partial charge in [-0.1, -0.05) is 18.2 Å². The Balaban J connectivity index is 1.56. The Morgan fingerprint density at radius 1 is 1.06 bits per heavy atom. The van der Waals surface area contributed by atoms with Crippen LogP contribution < -0.4 is 4.72 Å². The van der Waals surface area contributed by atoms with Gasteiger partial charge in [-0.15, -0.1) is 0 Å². The monoisotopic (exact) mass is 458 g/mol. The number of carbonyl (C=O) groups is 1. The molecule has 6 nitrogen and oxygen atoms in total. The number of halogens is 4. The standard InChI is InChI=1S/C20H18F4N2O4S/c21-16-4-2-15(3-5-16)19(11-30-12-19)25-31(28,29)17-6-1-14-10-26(8-7-13(14)9-17)18(27)20(22,23)24/h1-6,9,25H,7-8,10-12H2. The SMILES string of the molecule is O=C(N1CCc2cc(S(=O)(=O)NC3(c4ccc(F)cc4)COC3)ccc2C1)C(F)(F)F. The lowest BCUT2D eigenvalue weighted by Crippen LogP contribution is -2.59. The number of hydrogen-bond acceptors (Lipinski definition) is 4. The highest BCUT2D eigenvalue weighted by Gasteiger charge is 2.45. The molecule has 2 heterocycles. The topological polar surface area (TPSA) is 75.7 Å². The number of nitrogens with one attached hydrogen (secondary N) is 1. The largest absolute Gasteiger partial charge is 0.471 e. The molecule has 0 aliphatic carbocycles. The summed E-state index contributed by atoms with van der Waals surface area (Å²) in [6, 6.07) is 9.55. The van der Waals surface area contributed by atoms with E-state index in [4.69, 9.17) is 4.74 Å². The van der Waals surface area contributed by atoms with Gasteiger partial charge in [0.1, 0.15) is 11.4 Å². The summed E-state index contributed by atoms with van der Waals surface area (Å²) in [5.41, 5.74) is 0.555. The van der Waals surface area contributed by atoms with E-state index in [0.717, 1.165) is 0 Å². The average Bonchev–Trinajstić information content (AvgIpc) is 2.69. The highest BCUT2D eigenvalue weighted by atomic mass is 32.2. The number of benzene rings is 2. The van der Waals surface area contributed by atoms with Crippen molar-refractivity contribution in [2.75, 3.05) is 19.8 Å². The second-order valence-corrected chi connectivity index (χ2v) is 9.27. The van der Waals surface area contributed by atoms with Crippen LogP contribution >= 0.6 is 0 Å². The quantitative estimate of drug-likeness (QED) is 0.715. The minimum absolute atomic E-state index is 0.0461. The van der Waals surface area contributed by atoms with E-state index in [2.05, 4.69) is 4.72 Å². The van der Waals surface area contributed by atoms with Crippen LogP contribution in [0.1, 0.15) is 16.7 Å². The van der Waals surface area contributed by atoms with Gasteiger partial charge in [0.05, 0.1) is 18.1 Å². The first-order valence-electron chi connectivity index (χ1n) is 9.36. The molecule has 0 spiro atoms. The number of hydrogen-bond donors (Lipinski definition) is 1. The van der Waals surface area contributed by atoms with Crippen molar-refractivity contribution >= 4 is 15.9 Å². The van der Waals surface area contributed by atoms with Crippen molar-refractivity contribution < 1.29 is 35.5 Å². The molecule has 2 aliphatic rings. The van der Waals surface area contributed by atoms with Crippen LogP contribution in [0.15, 0.2) is 47.4 Å². The normalized spacial score (nSPS) is 18.3. The number of sulfonamides is 1. The van der Waals surface area contributed by atoms with Gasteiger partial charge in [-0.05, 0) is 47.4 Å². The van der Waals surface area contributed by atoms with Crippen LogP contribution in [0.4, 0.5) is 17.6 Å². The number of carbonyl (C=O) groups excluding carboxylic acids is 1. The first kappa shape index (κ1) is 21.7. The average molecular weight is 458 g/mol. The van der Waals surface area contributed by atoms with Crippen molar-refractivity contribution in [3.63, 3.8) is 0 Å². The second kappa shape index (κ2) is 7.57. The van der Waals surface area contributed by atoms with Crippen molar-refractivity contribution in [2.24, 2.45) is 0 Å². The molecular weight excluding hydrogens is 440 g/mol. The van der Waals surface area contributed by atoms with E-state index in [-0.39, 0.29) is 37.6 Å². The summed E-state index contributed by atoms with van der Waals surface area (Å²) in [5, 5.41) is 0. The van der Waals surface area contributed by atoms with Crippen molar-refractivity contribution in [2.45, 2.75) is 29.6 Å². The van der Waals surface area contributed by atoms with Gasteiger partial charge < -0.3 is 9.64 Å². The maximum absolute atomic E-state index is 13.2. The number of alkyl halides is 3. The zero-order valence-corrected chi connectivity index (χ0v) is 16.9. The molecule has 31 heavy (non-hydrogen) atoms. The van der Waals surface area contributed by atoms with Gasteiger partial charge in [0.25, 0.3) is 0 Å². The van der Waals surface area contributed by atoms with Crippen LogP contribution in [-0.4, -0.2) is 45.2 Å². The molecule has 1 fully saturated rings. The Morgan fingerprint density at radius 2 is 1.74 bits per heavy atom. The minimum atomic E-state index is -4.95. The molecule has 2 aliphatic heterocycles. The van der Waals surface area contributed by atoms with E-state index in [1.807, 2.05) is 0 Å². The lowest BCUT2D eigenvalue weighted by Gasteiger charge is -2.42. The summed E-state index contributed by atoms with van der Waals surface area (Å²) in [6.45, 7) is -0.237. The third-order valence-electron chi connectivity index (χ3n) is 5.45. The molecule has 0 atom stereocenters. The fourth-order valence-electron chi connectivity index (χ4n) is 3.72.